The maximum Gasteiger partial charge on any atom is 1.00 e. The van der Waals surface area contributed by atoms with Crippen LogP contribution in [-0.4, -0.2) is 20.2 Å². The third-order valence-electron chi connectivity index (χ3n) is 1.15. The first-order valence-electron chi connectivity index (χ1n) is 2.57. The normalized spacial score (nSPS) is 18.1. The van der Waals surface area contributed by atoms with E-state index in [4.69, 9.17) is 0 Å². The average molecular weight is 176 g/mol. The fourth-order valence-corrected chi connectivity index (χ4v) is 0.630. The molecule has 1 aliphatic rings. The fourth-order valence-electron chi connectivity index (χ4n) is 0.630. The quantitative estimate of drug-likeness (QED) is 0.434. The molecule has 1 nitrogen and oxygen atoms in total. The second-order valence-electron chi connectivity index (χ2n) is 1.87. The molecule has 1 rings (SSSR count). The van der Waals surface area contributed by atoms with Gasteiger partial charge in [0.15, 0.2) is 0 Å². The molecular formula is C4H5BF3KO. The molecule has 1 heterocycles. The Hall–Kier alpha value is 1.19. The average Bonchev–Trinajstić information content (AvgIpc) is 2.08. The first kappa shape index (κ1) is 11.2. The Morgan fingerprint density at radius 2 is 2.00 bits per heavy atom. The summed E-state index contributed by atoms with van der Waals surface area (Å²) in [5.41, 5.74) is -0.505. The Morgan fingerprint density at radius 1 is 1.40 bits per heavy atom. The van der Waals surface area contributed by atoms with Gasteiger partial charge in [-0.25, -0.2) is 0 Å². The maximum atomic E-state index is 11.7. The van der Waals surface area contributed by atoms with Gasteiger partial charge in [0.05, 0.1) is 6.61 Å². The van der Waals surface area contributed by atoms with E-state index in [0.29, 0.717) is 0 Å². The number of halogens is 3. The van der Waals surface area contributed by atoms with Crippen LogP contribution in [0.3, 0.4) is 0 Å². The van der Waals surface area contributed by atoms with E-state index in [9.17, 15) is 12.9 Å². The van der Waals surface area contributed by atoms with Crippen molar-refractivity contribution in [3.63, 3.8) is 0 Å². The van der Waals surface area contributed by atoms with Crippen LogP contribution in [0, 0.1) is 0 Å². The van der Waals surface area contributed by atoms with E-state index in [2.05, 4.69) is 4.74 Å². The Morgan fingerprint density at radius 3 is 2.20 bits per heavy atom. The van der Waals surface area contributed by atoms with E-state index in [1.54, 1.807) is 0 Å². The van der Waals surface area contributed by atoms with Crippen molar-refractivity contribution in [3.8, 4) is 0 Å². The molecule has 0 aromatic rings. The molecule has 0 N–H and O–H groups in total. The monoisotopic (exact) mass is 176 g/mol. The smallest absolute Gasteiger partial charge is 0.445 e. The number of ether oxygens (including phenoxy) is 1. The zero-order valence-electron chi connectivity index (χ0n) is 5.61. The van der Waals surface area contributed by atoms with Crippen LogP contribution in [0.4, 0.5) is 12.9 Å². The van der Waals surface area contributed by atoms with E-state index in [1.165, 1.54) is 0 Å². The van der Waals surface area contributed by atoms with Gasteiger partial charge in [-0.15, -0.1) is 5.47 Å². The van der Waals surface area contributed by atoms with Crippen molar-refractivity contribution in [2.45, 2.75) is 0 Å². The van der Waals surface area contributed by atoms with E-state index >= 15 is 0 Å². The van der Waals surface area contributed by atoms with Gasteiger partial charge < -0.3 is 17.7 Å². The molecule has 0 aromatic carbocycles. The SMILES string of the molecule is F[B-](F)(F)C1=CCOC1.[K+]. The first-order chi connectivity index (χ1) is 4.11. The second kappa shape index (κ2) is 4.28. The minimum atomic E-state index is -4.77. The number of hydrogen-bond donors (Lipinski definition) is 0. The predicted molar refractivity (Wildman–Crippen MR) is 28.0 cm³/mol. The van der Waals surface area contributed by atoms with Crippen LogP contribution in [0.5, 0.6) is 0 Å². The van der Waals surface area contributed by atoms with Crippen molar-refractivity contribution in [3.05, 3.63) is 11.5 Å². The second-order valence-corrected chi connectivity index (χ2v) is 1.87. The van der Waals surface area contributed by atoms with Crippen molar-refractivity contribution >= 4 is 6.98 Å². The summed E-state index contributed by atoms with van der Waals surface area (Å²) >= 11 is 0. The van der Waals surface area contributed by atoms with Gasteiger partial charge >= 0.3 is 58.4 Å². The minimum Gasteiger partial charge on any atom is -0.445 e. The molecule has 0 saturated carbocycles. The molecule has 0 bridgehead atoms. The van der Waals surface area contributed by atoms with Crippen LogP contribution in [0.2, 0.25) is 0 Å². The van der Waals surface area contributed by atoms with Crippen LogP contribution < -0.4 is 51.4 Å². The van der Waals surface area contributed by atoms with Gasteiger partial charge in [0, 0.05) is 6.61 Å². The van der Waals surface area contributed by atoms with Gasteiger partial charge in [-0.05, 0) is 0 Å². The molecule has 6 heteroatoms. The van der Waals surface area contributed by atoms with Crippen molar-refractivity contribution in [1.82, 2.24) is 0 Å². The largest absolute Gasteiger partial charge is 1.00 e. The van der Waals surface area contributed by atoms with E-state index in [0.717, 1.165) is 6.08 Å². The van der Waals surface area contributed by atoms with Crippen LogP contribution in [-0.2, 0) is 4.74 Å². The summed E-state index contributed by atoms with van der Waals surface area (Å²) in [7, 11) is 0. The molecule has 0 amide bonds. The van der Waals surface area contributed by atoms with Gasteiger partial charge in [0.2, 0.25) is 0 Å². The molecular weight excluding hydrogens is 171 g/mol. The van der Waals surface area contributed by atoms with Crippen LogP contribution >= 0.6 is 0 Å². The molecule has 0 radical (unpaired) electrons. The molecule has 0 unspecified atom stereocenters. The molecule has 52 valence electrons. The standard InChI is InChI=1S/C4H5BF3O.K/c6-5(7,8)4-1-2-9-3-4;/h1H,2-3H2;/q-1;+1. The first-order valence-corrected chi connectivity index (χ1v) is 2.57. The van der Waals surface area contributed by atoms with Gasteiger partial charge in [-0.1, -0.05) is 6.08 Å². The van der Waals surface area contributed by atoms with Gasteiger partial charge in [-0.2, -0.15) is 0 Å². The van der Waals surface area contributed by atoms with Crippen molar-refractivity contribution in [1.29, 1.82) is 0 Å². The molecule has 0 atom stereocenters. The van der Waals surface area contributed by atoms with Gasteiger partial charge in [0.1, 0.15) is 0 Å². The van der Waals surface area contributed by atoms with Crippen LogP contribution in [0.25, 0.3) is 0 Å². The molecule has 1 aliphatic heterocycles. The molecule has 10 heavy (non-hydrogen) atoms. The van der Waals surface area contributed by atoms with E-state index in [-0.39, 0.29) is 64.6 Å². The molecule has 0 aromatic heterocycles. The Bertz CT molecular complexity index is 144. The summed E-state index contributed by atoms with van der Waals surface area (Å²) in [6.07, 6.45) is 1.08. The third kappa shape index (κ3) is 3.06. The van der Waals surface area contributed by atoms with E-state index in [1.807, 2.05) is 0 Å². The van der Waals surface area contributed by atoms with Crippen LogP contribution in [0.15, 0.2) is 11.5 Å². The summed E-state index contributed by atoms with van der Waals surface area (Å²) in [6.45, 7) is -4.92. The summed E-state index contributed by atoms with van der Waals surface area (Å²) in [5, 5.41) is 0. The molecule has 0 spiro atoms. The number of rotatable bonds is 1. The van der Waals surface area contributed by atoms with E-state index < -0.39 is 12.4 Å². The Kier molecular flexibility index (Phi) is 4.78. The number of hydrogen-bond acceptors (Lipinski definition) is 1. The van der Waals surface area contributed by atoms with Gasteiger partial charge in [0.25, 0.3) is 0 Å². The summed E-state index contributed by atoms with van der Waals surface area (Å²) in [6, 6.07) is 0. The molecule has 0 saturated heterocycles. The minimum absolute atomic E-state index is 0. The molecule has 0 aliphatic carbocycles. The fraction of sp³-hybridized carbons (Fsp3) is 0.500. The summed E-state index contributed by atoms with van der Waals surface area (Å²) in [5.74, 6) is 0. The van der Waals surface area contributed by atoms with Crippen molar-refractivity contribution in [2.24, 2.45) is 0 Å². The summed E-state index contributed by atoms with van der Waals surface area (Å²) < 4.78 is 39.5. The maximum absolute atomic E-state index is 11.7. The third-order valence-corrected chi connectivity index (χ3v) is 1.15. The molecule has 0 fully saturated rings. The Labute approximate surface area is 99.5 Å². The summed E-state index contributed by atoms with van der Waals surface area (Å²) in [4.78, 5) is 0. The van der Waals surface area contributed by atoms with Crippen LogP contribution in [0.1, 0.15) is 0 Å². The topological polar surface area (TPSA) is 9.23 Å². The Balaban J connectivity index is 0.000000810. The predicted octanol–water partition coefficient (Wildman–Crippen LogP) is -1.67. The zero-order chi connectivity index (χ0) is 6.91. The van der Waals surface area contributed by atoms with Crippen molar-refractivity contribution < 1.29 is 69.1 Å². The van der Waals surface area contributed by atoms with Gasteiger partial charge in [-0.3, -0.25) is 0 Å². The van der Waals surface area contributed by atoms with Crippen molar-refractivity contribution in [2.75, 3.05) is 13.2 Å². The zero-order valence-corrected chi connectivity index (χ0v) is 8.73.